The molecule has 0 heterocycles. The third-order valence-corrected chi connectivity index (χ3v) is 6.15. The van der Waals surface area contributed by atoms with E-state index in [4.69, 9.17) is 0 Å². The third kappa shape index (κ3) is 2.21. The molecule has 0 aliphatic heterocycles. The van der Waals surface area contributed by atoms with Gasteiger partial charge in [0.1, 0.15) is 16.9 Å². The number of benzene rings is 4. The van der Waals surface area contributed by atoms with E-state index in [2.05, 4.69) is 0 Å². The van der Waals surface area contributed by atoms with E-state index >= 15 is 0 Å². The van der Waals surface area contributed by atoms with Gasteiger partial charge in [0.2, 0.25) is 0 Å². The number of phenols is 2. The predicted molar refractivity (Wildman–Crippen MR) is 114 cm³/mol. The zero-order valence-electron chi connectivity index (χ0n) is 16.2. The first kappa shape index (κ1) is 17.5. The quantitative estimate of drug-likeness (QED) is 0.490. The van der Waals surface area contributed by atoms with Gasteiger partial charge in [-0.1, -0.05) is 60.7 Å². The van der Waals surface area contributed by atoms with Crippen LogP contribution < -0.4 is 0 Å². The molecule has 0 aromatic heterocycles. The number of hydrogen-bond donors (Lipinski definition) is 2. The van der Waals surface area contributed by atoms with E-state index in [9.17, 15) is 15.0 Å². The number of ketones is 1. The topological polar surface area (TPSA) is 57.5 Å². The molecule has 142 valence electrons. The van der Waals surface area contributed by atoms with Crippen molar-refractivity contribution in [2.75, 3.05) is 0 Å². The van der Waals surface area contributed by atoms with Crippen LogP contribution in [0.2, 0.25) is 0 Å². The van der Waals surface area contributed by atoms with Gasteiger partial charge in [0.15, 0.2) is 5.78 Å². The van der Waals surface area contributed by atoms with E-state index in [1.807, 2.05) is 74.5 Å². The van der Waals surface area contributed by atoms with Crippen molar-refractivity contribution in [2.45, 2.75) is 19.3 Å². The summed E-state index contributed by atoms with van der Waals surface area (Å²) in [6.45, 7) is 3.67. The minimum absolute atomic E-state index is 0.0134. The van der Waals surface area contributed by atoms with Gasteiger partial charge in [-0.3, -0.25) is 4.79 Å². The lowest BCUT2D eigenvalue weighted by Crippen LogP contribution is -2.35. The van der Waals surface area contributed by atoms with Crippen molar-refractivity contribution in [3.05, 3.63) is 106 Å². The number of hydrogen-bond acceptors (Lipinski definition) is 3. The molecule has 1 aliphatic rings. The Morgan fingerprint density at radius 1 is 0.724 bits per heavy atom. The fourth-order valence-corrected chi connectivity index (χ4v) is 4.68. The first-order chi connectivity index (χ1) is 13.9. The van der Waals surface area contributed by atoms with Gasteiger partial charge in [-0.2, -0.15) is 0 Å². The lowest BCUT2D eigenvalue weighted by molar-refractivity contribution is 0.0944. The summed E-state index contributed by atoms with van der Waals surface area (Å²) < 4.78 is 0. The highest BCUT2D eigenvalue weighted by Gasteiger charge is 2.50. The van der Waals surface area contributed by atoms with Crippen molar-refractivity contribution >= 4 is 16.6 Å². The van der Waals surface area contributed by atoms with Gasteiger partial charge < -0.3 is 10.2 Å². The lowest BCUT2D eigenvalue weighted by atomic mass is 9.68. The molecule has 3 heteroatoms. The standard InChI is InChI=1S/C26H20O3/c1-15-13-18(9-11-22(15)27)26(19-10-12-23(28)16(2)14-19)21-8-4-6-17-5-3-7-20(24(17)21)25(26)29/h3-14,27-28H,1-2H3. The SMILES string of the molecule is Cc1cc(C2(c3ccc(O)c(C)c3)C(=O)c3cccc4cccc2c34)ccc1O. The van der Waals surface area contributed by atoms with Crippen molar-refractivity contribution < 1.29 is 15.0 Å². The van der Waals surface area contributed by atoms with Crippen molar-refractivity contribution in [1.82, 2.24) is 0 Å². The van der Waals surface area contributed by atoms with Gasteiger partial charge in [-0.05, 0) is 64.6 Å². The first-order valence-electron chi connectivity index (χ1n) is 9.62. The fourth-order valence-electron chi connectivity index (χ4n) is 4.68. The molecule has 29 heavy (non-hydrogen) atoms. The molecule has 0 unspecified atom stereocenters. The zero-order chi connectivity index (χ0) is 20.3. The normalized spacial score (nSPS) is 14.5. The molecule has 0 radical (unpaired) electrons. The maximum absolute atomic E-state index is 14.1. The summed E-state index contributed by atoms with van der Waals surface area (Å²) in [6, 6.07) is 22.6. The van der Waals surface area contributed by atoms with Crippen LogP contribution in [0, 0.1) is 13.8 Å². The molecule has 0 spiro atoms. The molecule has 0 atom stereocenters. The van der Waals surface area contributed by atoms with Gasteiger partial charge in [-0.25, -0.2) is 0 Å². The summed E-state index contributed by atoms with van der Waals surface area (Å²) in [4.78, 5) is 14.1. The number of Topliss-reactive ketones (excluding diaryl/α,β-unsaturated/α-hetero) is 1. The summed E-state index contributed by atoms with van der Waals surface area (Å²) in [5, 5.41) is 22.2. The van der Waals surface area contributed by atoms with Crippen LogP contribution in [0.1, 0.15) is 38.2 Å². The zero-order valence-corrected chi connectivity index (χ0v) is 16.2. The summed E-state index contributed by atoms with van der Waals surface area (Å²) in [5.41, 5.74) is 3.67. The minimum atomic E-state index is -1.03. The number of aromatic hydroxyl groups is 2. The van der Waals surface area contributed by atoms with Gasteiger partial charge in [0.05, 0.1) is 0 Å². The molecule has 0 saturated carbocycles. The summed E-state index contributed by atoms with van der Waals surface area (Å²) in [5.74, 6) is 0.415. The number of phenolic OH excluding ortho intramolecular Hbond substituents is 2. The number of rotatable bonds is 2. The van der Waals surface area contributed by atoms with Crippen molar-refractivity contribution in [3.63, 3.8) is 0 Å². The van der Waals surface area contributed by atoms with Crippen molar-refractivity contribution in [2.24, 2.45) is 0 Å². The van der Waals surface area contributed by atoms with E-state index in [0.29, 0.717) is 16.7 Å². The smallest absolute Gasteiger partial charge is 0.182 e. The summed E-state index contributed by atoms with van der Waals surface area (Å²) >= 11 is 0. The molecule has 0 bridgehead atoms. The van der Waals surface area contributed by atoms with E-state index in [1.165, 1.54) is 0 Å². The molecule has 4 aromatic carbocycles. The third-order valence-electron chi connectivity index (χ3n) is 6.15. The molecular formula is C26H20O3. The molecule has 2 N–H and O–H groups in total. The average Bonchev–Trinajstić information content (AvgIpc) is 2.98. The molecule has 3 nitrogen and oxygen atoms in total. The molecule has 4 aromatic rings. The van der Waals surface area contributed by atoms with Crippen LogP contribution in [0.5, 0.6) is 11.5 Å². The van der Waals surface area contributed by atoms with Gasteiger partial charge in [-0.15, -0.1) is 0 Å². The molecular weight excluding hydrogens is 360 g/mol. The Balaban J connectivity index is 1.95. The Labute approximate surface area is 168 Å². The summed E-state index contributed by atoms with van der Waals surface area (Å²) in [7, 11) is 0. The highest BCUT2D eigenvalue weighted by atomic mass is 16.3. The van der Waals surface area contributed by atoms with Crippen LogP contribution in [0.15, 0.2) is 72.8 Å². The Morgan fingerprint density at radius 2 is 1.28 bits per heavy atom. The monoisotopic (exact) mass is 380 g/mol. The Bertz CT molecular complexity index is 1260. The molecule has 0 fully saturated rings. The van der Waals surface area contributed by atoms with E-state index < -0.39 is 5.41 Å². The average molecular weight is 380 g/mol. The van der Waals surface area contributed by atoms with Crippen molar-refractivity contribution in [1.29, 1.82) is 0 Å². The second-order valence-corrected chi connectivity index (χ2v) is 7.79. The molecule has 5 rings (SSSR count). The molecule has 0 saturated heterocycles. The lowest BCUT2D eigenvalue weighted by Gasteiger charge is -2.31. The Hall–Kier alpha value is -3.59. The predicted octanol–water partition coefficient (Wildman–Crippen LogP) is 5.40. The van der Waals surface area contributed by atoms with E-state index in [0.717, 1.165) is 27.5 Å². The van der Waals surface area contributed by atoms with Crippen molar-refractivity contribution in [3.8, 4) is 11.5 Å². The van der Waals surface area contributed by atoms with Crippen LogP contribution in [0.3, 0.4) is 0 Å². The van der Waals surface area contributed by atoms with Gasteiger partial charge in [0, 0.05) is 5.56 Å². The van der Waals surface area contributed by atoms with Crippen LogP contribution in [0.25, 0.3) is 10.8 Å². The Morgan fingerprint density at radius 3 is 1.83 bits per heavy atom. The Kier molecular flexibility index (Phi) is 3.59. The van der Waals surface area contributed by atoms with E-state index in [1.54, 1.807) is 12.1 Å². The van der Waals surface area contributed by atoms with Crippen LogP contribution in [0.4, 0.5) is 0 Å². The number of aryl methyl sites for hydroxylation is 2. The maximum Gasteiger partial charge on any atom is 0.182 e. The van der Waals surface area contributed by atoms with Crippen LogP contribution >= 0.6 is 0 Å². The highest BCUT2D eigenvalue weighted by Crippen LogP contribution is 2.51. The molecule has 0 amide bonds. The highest BCUT2D eigenvalue weighted by molar-refractivity contribution is 6.23. The number of carbonyl (C=O) groups excluding carboxylic acids is 1. The van der Waals surface area contributed by atoms with Crippen LogP contribution in [-0.4, -0.2) is 16.0 Å². The maximum atomic E-state index is 14.1. The minimum Gasteiger partial charge on any atom is -0.508 e. The fraction of sp³-hybridized carbons (Fsp3) is 0.115. The largest absolute Gasteiger partial charge is 0.508 e. The van der Waals surface area contributed by atoms with Gasteiger partial charge >= 0.3 is 0 Å². The van der Waals surface area contributed by atoms with Gasteiger partial charge in [0.25, 0.3) is 0 Å². The molecule has 1 aliphatic carbocycles. The second-order valence-electron chi connectivity index (χ2n) is 7.79. The summed E-state index contributed by atoms with van der Waals surface area (Å²) in [6.07, 6.45) is 0. The number of carbonyl (C=O) groups is 1. The first-order valence-corrected chi connectivity index (χ1v) is 9.62. The van der Waals surface area contributed by atoms with Crippen LogP contribution in [-0.2, 0) is 5.41 Å². The van der Waals surface area contributed by atoms with E-state index in [-0.39, 0.29) is 17.3 Å². The second kappa shape index (κ2) is 5.95.